The Morgan fingerprint density at radius 2 is 1.86 bits per heavy atom. The molecule has 0 radical (unpaired) electrons. The van der Waals surface area contributed by atoms with Crippen LogP contribution in [0.1, 0.15) is 82.6 Å². The second-order valence-electron chi connectivity index (χ2n) is 10.4. The summed E-state index contributed by atoms with van der Waals surface area (Å²) in [7, 11) is 0. The normalized spacial score (nSPS) is 18.2. The van der Waals surface area contributed by atoms with Crippen molar-refractivity contribution in [1.29, 1.82) is 0 Å². The highest BCUT2D eigenvalue weighted by molar-refractivity contribution is 6.05. The van der Waals surface area contributed by atoms with Crippen molar-refractivity contribution >= 4 is 23.4 Å². The van der Waals surface area contributed by atoms with Crippen molar-refractivity contribution in [2.24, 2.45) is 0 Å². The molecule has 0 spiro atoms. The number of ether oxygens (including phenoxy) is 1. The van der Waals surface area contributed by atoms with Gasteiger partial charge < -0.3 is 19.9 Å². The summed E-state index contributed by atoms with van der Waals surface area (Å²) in [6.45, 7) is 9.43. The zero-order chi connectivity index (χ0) is 26.1. The van der Waals surface area contributed by atoms with Gasteiger partial charge in [0.05, 0.1) is 5.69 Å². The van der Waals surface area contributed by atoms with Crippen LogP contribution in [-0.4, -0.2) is 59.3 Å². The minimum absolute atomic E-state index is 0.0138. The van der Waals surface area contributed by atoms with E-state index in [0.29, 0.717) is 23.9 Å². The summed E-state index contributed by atoms with van der Waals surface area (Å²) in [5.41, 5.74) is 0.427. The van der Waals surface area contributed by atoms with Gasteiger partial charge in [-0.25, -0.2) is 0 Å². The molecule has 35 heavy (non-hydrogen) atoms. The van der Waals surface area contributed by atoms with E-state index in [2.05, 4.69) is 5.32 Å². The Kier molecular flexibility index (Phi) is 7.77. The van der Waals surface area contributed by atoms with Gasteiger partial charge in [0.25, 0.3) is 17.7 Å². The number of amides is 3. The van der Waals surface area contributed by atoms with Crippen LogP contribution in [-0.2, 0) is 9.59 Å². The smallest absolute Gasteiger partial charge is 0.321 e. The van der Waals surface area contributed by atoms with Gasteiger partial charge in [-0.2, -0.15) is 8.78 Å². The Morgan fingerprint density at radius 1 is 1.23 bits per heavy atom. The summed E-state index contributed by atoms with van der Waals surface area (Å²) in [6.07, 6.45) is 5.31. The summed E-state index contributed by atoms with van der Waals surface area (Å²) in [6, 6.07) is 3.60. The standard InChI is InChI=1S/C26H37F2N3O4/c1-16(2)31(18-10-8-7-9-11-18)22(32)19-15-20-21(14-17(19)3)35-25(4,5)24(34)30(20)13-12-29-23(33)26(6,27)28/h14-16,18H,7-13H2,1-6H3,(H,29,33). The fraction of sp³-hybridized carbons (Fsp3) is 0.654. The van der Waals surface area contributed by atoms with Gasteiger partial charge in [-0.1, -0.05) is 19.3 Å². The zero-order valence-electron chi connectivity index (χ0n) is 21.5. The van der Waals surface area contributed by atoms with Crippen LogP contribution in [0.2, 0.25) is 0 Å². The zero-order valence-corrected chi connectivity index (χ0v) is 21.5. The molecule has 0 unspecified atom stereocenters. The molecule has 0 atom stereocenters. The number of carbonyl (C=O) groups excluding carboxylic acids is 3. The minimum atomic E-state index is -3.51. The second-order valence-corrected chi connectivity index (χ2v) is 10.4. The lowest BCUT2D eigenvalue weighted by Crippen LogP contribution is -2.54. The molecule has 1 aromatic carbocycles. The number of carbonyl (C=O) groups is 3. The third kappa shape index (κ3) is 5.76. The quantitative estimate of drug-likeness (QED) is 0.609. The summed E-state index contributed by atoms with van der Waals surface area (Å²) in [5.74, 6) is -4.95. The second kappa shape index (κ2) is 10.1. The molecule has 0 saturated heterocycles. The molecule has 1 N–H and O–H groups in total. The first-order valence-electron chi connectivity index (χ1n) is 12.4. The van der Waals surface area contributed by atoms with E-state index >= 15 is 0 Å². The van der Waals surface area contributed by atoms with E-state index in [-0.39, 0.29) is 37.0 Å². The van der Waals surface area contributed by atoms with Crippen LogP contribution < -0.4 is 15.0 Å². The van der Waals surface area contributed by atoms with Gasteiger partial charge in [-0.05, 0) is 65.2 Å². The number of halogens is 2. The molecule has 0 aromatic heterocycles. The SMILES string of the molecule is Cc1cc2c(cc1C(=O)N(C(C)C)C1CCCCC1)N(CCNC(=O)C(C)(F)F)C(=O)C(C)(C)O2. The summed E-state index contributed by atoms with van der Waals surface area (Å²) >= 11 is 0. The Labute approximate surface area is 206 Å². The van der Waals surface area contributed by atoms with Gasteiger partial charge in [0.2, 0.25) is 0 Å². The molecule has 194 valence electrons. The molecule has 1 heterocycles. The molecule has 2 aliphatic rings. The minimum Gasteiger partial charge on any atom is -0.476 e. The highest BCUT2D eigenvalue weighted by Crippen LogP contribution is 2.40. The monoisotopic (exact) mass is 493 g/mol. The maximum atomic E-state index is 13.8. The lowest BCUT2D eigenvalue weighted by atomic mass is 9.92. The third-order valence-corrected chi connectivity index (χ3v) is 6.73. The van der Waals surface area contributed by atoms with Gasteiger partial charge in [-0.15, -0.1) is 0 Å². The number of nitrogens with zero attached hydrogens (tertiary/aromatic N) is 2. The van der Waals surface area contributed by atoms with Crippen LogP contribution in [0.5, 0.6) is 5.75 Å². The highest BCUT2D eigenvalue weighted by Gasteiger charge is 2.42. The van der Waals surface area contributed by atoms with Crippen LogP contribution in [0.3, 0.4) is 0 Å². The fourth-order valence-corrected chi connectivity index (χ4v) is 4.92. The van der Waals surface area contributed by atoms with Crippen LogP contribution in [0.4, 0.5) is 14.5 Å². The van der Waals surface area contributed by atoms with Crippen LogP contribution in [0, 0.1) is 6.92 Å². The van der Waals surface area contributed by atoms with Crippen molar-refractivity contribution in [3.05, 3.63) is 23.3 Å². The van der Waals surface area contributed by atoms with Crippen molar-refractivity contribution in [3.8, 4) is 5.75 Å². The van der Waals surface area contributed by atoms with Gasteiger partial charge in [0, 0.05) is 37.7 Å². The number of nitrogens with one attached hydrogen (secondary N) is 1. The average molecular weight is 494 g/mol. The van der Waals surface area contributed by atoms with Crippen LogP contribution >= 0.6 is 0 Å². The number of fused-ring (bicyclic) bond motifs is 1. The predicted octanol–water partition coefficient (Wildman–Crippen LogP) is 4.45. The summed E-state index contributed by atoms with van der Waals surface area (Å²) in [4.78, 5) is 41.9. The molecular formula is C26H37F2N3O4. The summed E-state index contributed by atoms with van der Waals surface area (Å²) < 4.78 is 32.5. The molecule has 7 nitrogen and oxygen atoms in total. The molecule has 1 aromatic rings. The Bertz CT molecular complexity index is 982. The van der Waals surface area contributed by atoms with E-state index in [1.165, 1.54) is 11.3 Å². The number of aryl methyl sites for hydroxylation is 1. The van der Waals surface area contributed by atoms with E-state index in [9.17, 15) is 23.2 Å². The maximum Gasteiger partial charge on any atom is 0.321 e. The molecule has 3 amide bonds. The number of benzene rings is 1. The molecule has 1 aliphatic heterocycles. The van der Waals surface area contributed by atoms with Crippen LogP contribution in [0.15, 0.2) is 12.1 Å². The van der Waals surface area contributed by atoms with Gasteiger partial charge in [0.15, 0.2) is 5.60 Å². The molecule has 1 fully saturated rings. The third-order valence-electron chi connectivity index (χ3n) is 6.73. The summed E-state index contributed by atoms with van der Waals surface area (Å²) in [5, 5.41) is 2.17. The number of hydrogen-bond donors (Lipinski definition) is 1. The van der Waals surface area contributed by atoms with E-state index in [1.54, 1.807) is 26.0 Å². The van der Waals surface area contributed by atoms with Crippen molar-refractivity contribution in [2.45, 2.75) is 97.3 Å². The largest absolute Gasteiger partial charge is 0.476 e. The predicted molar refractivity (Wildman–Crippen MR) is 130 cm³/mol. The van der Waals surface area contributed by atoms with Gasteiger partial charge in [-0.3, -0.25) is 14.4 Å². The number of hydrogen-bond acceptors (Lipinski definition) is 4. The first-order chi connectivity index (χ1) is 16.2. The van der Waals surface area contributed by atoms with Crippen molar-refractivity contribution in [1.82, 2.24) is 10.2 Å². The lowest BCUT2D eigenvalue weighted by Gasteiger charge is -2.40. The molecule has 0 bridgehead atoms. The maximum absolute atomic E-state index is 13.8. The Balaban J connectivity index is 1.94. The Hall–Kier alpha value is -2.71. The van der Waals surface area contributed by atoms with E-state index in [4.69, 9.17) is 4.74 Å². The highest BCUT2D eigenvalue weighted by atomic mass is 19.3. The fourth-order valence-electron chi connectivity index (χ4n) is 4.92. The average Bonchev–Trinajstić information content (AvgIpc) is 2.75. The lowest BCUT2D eigenvalue weighted by molar-refractivity contribution is -0.143. The van der Waals surface area contributed by atoms with Crippen molar-refractivity contribution < 1.29 is 27.9 Å². The number of alkyl halides is 2. The van der Waals surface area contributed by atoms with E-state index in [0.717, 1.165) is 31.2 Å². The molecule has 1 saturated carbocycles. The molecule has 3 rings (SSSR count). The van der Waals surface area contributed by atoms with Crippen molar-refractivity contribution in [2.75, 3.05) is 18.0 Å². The topological polar surface area (TPSA) is 79.0 Å². The Morgan fingerprint density at radius 3 is 2.43 bits per heavy atom. The van der Waals surface area contributed by atoms with Gasteiger partial charge in [0.1, 0.15) is 5.75 Å². The molecule has 1 aliphatic carbocycles. The molecular weight excluding hydrogens is 456 g/mol. The van der Waals surface area contributed by atoms with Gasteiger partial charge >= 0.3 is 5.92 Å². The van der Waals surface area contributed by atoms with E-state index < -0.39 is 17.4 Å². The number of anilines is 1. The van der Waals surface area contributed by atoms with Crippen LogP contribution in [0.25, 0.3) is 0 Å². The first-order valence-corrected chi connectivity index (χ1v) is 12.4. The first kappa shape index (κ1) is 26.9. The van der Waals surface area contributed by atoms with E-state index in [1.807, 2.05) is 25.7 Å². The number of rotatable bonds is 7. The molecule has 9 heteroatoms. The van der Waals surface area contributed by atoms with Crippen molar-refractivity contribution in [3.63, 3.8) is 0 Å².